The molecule has 2 rings (SSSR count). The van der Waals surface area contributed by atoms with Gasteiger partial charge in [-0.2, -0.15) is 0 Å². The Kier molecular flexibility index (Phi) is 4.37. The molecule has 0 bridgehead atoms. The topological polar surface area (TPSA) is 21.3 Å². The molecule has 0 radical (unpaired) electrons. The lowest BCUT2D eigenvalue weighted by molar-refractivity contribution is -0.0399. The molecule has 0 aliphatic heterocycles. The Morgan fingerprint density at radius 3 is 2.94 bits per heavy atom. The first kappa shape index (κ1) is 12.8. The van der Waals surface area contributed by atoms with Crippen molar-refractivity contribution in [2.24, 2.45) is 5.92 Å². The van der Waals surface area contributed by atoms with Crippen molar-refractivity contribution in [3.63, 3.8) is 0 Å². The highest BCUT2D eigenvalue weighted by molar-refractivity contribution is 6.30. The molecule has 4 heteroatoms. The van der Waals surface area contributed by atoms with Crippen molar-refractivity contribution in [2.45, 2.75) is 25.6 Å². The summed E-state index contributed by atoms with van der Waals surface area (Å²) in [4.78, 5) is 0. The molecule has 1 aromatic carbocycles. The summed E-state index contributed by atoms with van der Waals surface area (Å²) in [6, 6.07) is 4.55. The molecule has 17 heavy (non-hydrogen) atoms. The van der Waals surface area contributed by atoms with E-state index in [0.717, 1.165) is 19.4 Å². The van der Waals surface area contributed by atoms with Crippen LogP contribution in [0.2, 0.25) is 5.02 Å². The zero-order chi connectivity index (χ0) is 12.3. The fourth-order valence-electron chi connectivity index (χ4n) is 2.13. The monoisotopic (exact) mass is 257 g/mol. The summed E-state index contributed by atoms with van der Waals surface area (Å²) < 4.78 is 19.0. The van der Waals surface area contributed by atoms with Crippen LogP contribution in [0.3, 0.4) is 0 Å². The minimum Gasteiger partial charge on any atom is -0.373 e. The van der Waals surface area contributed by atoms with E-state index in [2.05, 4.69) is 5.32 Å². The molecule has 0 amide bonds. The summed E-state index contributed by atoms with van der Waals surface area (Å²) in [6.07, 6.45) is 2.39. The van der Waals surface area contributed by atoms with E-state index in [1.165, 1.54) is 6.07 Å². The summed E-state index contributed by atoms with van der Waals surface area (Å²) in [5, 5.41) is 3.70. The van der Waals surface area contributed by atoms with E-state index in [-0.39, 0.29) is 11.9 Å². The van der Waals surface area contributed by atoms with Crippen molar-refractivity contribution in [2.75, 3.05) is 13.6 Å². The van der Waals surface area contributed by atoms with Crippen LogP contribution in [-0.2, 0) is 11.3 Å². The Morgan fingerprint density at radius 2 is 2.24 bits per heavy atom. The highest BCUT2D eigenvalue weighted by atomic mass is 35.5. The lowest BCUT2D eigenvalue weighted by Gasteiger charge is -2.35. The Labute approximate surface area is 106 Å². The van der Waals surface area contributed by atoms with Gasteiger partial charge in [0.1, 0.15) is 5.82 Å². The highest BCUT2D eigenvalue weighted by Crippen LogP contribution is 2.30. The summed E-state index contributed by atoms with van der Waals surface area (Å²) in [6.45, 7) is 1.34. The Morgan fingerprint density at radius 1 is 1.47 bits per heavy atom. The first-order valence-corrected chi connectivity index (χ1v) is 6.27. The molecular formula is C13H17ClFNO. The molecule has 1 aliphatic carbocycles. The van der Waals surface area contributed by atoms with Gasteiger partial charge in [-0.3, -0.25) is 0 Å². The molecule has 0 spiro atoms. The zero-order valence-electron chi connectivity index (χ0n) is 9.88. The van der Waals surface area contributed by atoms with Crippen molar-refractivity contribution in [3.05, 3.63) is 34.6 Å². The van der Waals surface area contributed by atoms with E-state index in [0.29, 0.717) is 23.1 Å². The van der Waals surface area contributed by atoms with Gasteiger partial charge < -0.3 is 10.1 Å². The van der Waals surface area contributed by atoms with Crippen LogP contribution >= 0.6 is 11.6 Å². The lowest BCUT2D eigenvalue weighted by atomic mass is 9.82. The quantitative estimate of drug-likeness (QED) is 0.876. The first-order valence-electron chi connectivity index (χ1n) is 5.89. The van der Waals surface area contributed by atoms with Gasteiger partial charge in [-0.15, -0.1) is 0 Å². The lowest BCUT2D eigenvalue weighted by Crippen LogP contribution is -2.36. The number of benzene rings is 1. The van der Waals surface area contributed by atoms with Gasteiger partial charge in [0.05, 0.1) is 12.7 Å². The summed E-state index contributed by atoms with van der Waals surface area (Å²) in [5.74, 6) is 0.453. The van der Waals surface area contributed by atoms with Crippen molar-refractivity contribution in [3.8, 4) is 0 Å². The van der Waals surface area contributed by atoms with Gasteiger partial charge in [0.25, 0.3) is 0 Å². The molecule has 0 heterocycles. The van der Waals surface area contributed by atoms with E-state index < -0.39 is 0 Å². The van der Waals surface area contributed by atoms with Gasteiger partial charge in [-0.25, -0.2) is 4.39 Å². The van der Waals surface area contributed by atoms with Crippen LogP contribution in [0.1, 0.15) is 18.4 Å². The smallest absolute Gasteiger partial charge is 0.128 e. The number of ether oxygens (including phenoxy) is 1. The second kappa shape index (κ2) is 5.80. The summed E-state index contributed by atoms with van der Waals surface area (Å²) >= 11 is 5.81. The van der Waals surface area contributed by atoms with Gasteiger partial charge in [-0.1, -0.05) is 11.6 Å². The van der Waals surface area contributed by atoms with E-state index in [1.54, 1.807) is 12.1 Å². The second-order valence-corrected chi connectivity index (χ2v) is 5.00. The van der Waals surface area contributed by atoms with Crippen molar-refractivity contribution in [1.29, 1.82) is 0 Å². The Balaban J connectivity index is 1.77. The maximum absolute atomic E-state index is 13.4. The molecule has 94 valence electrons. The first-order chi connectivity index (χ1) is 8.19. The van der Waals surface area contributed by atoms with E-state index >= 15 is 0 Å². The highest BCUT2D eigenvalue weighted by Gasteiger charge is 2.29. The number of hydrogen-bond acceptors (Lipinski definition) is 2. The fourth-order valence-corrected chi connectivity index (χ4v) is 2.32. The molecule has 0 aromatic heterocycles. The third-order valence-corrected chi connectivity index (χ3v) is 3.40. The number of hydrogen-bond donors (Lipinski definition) is 1. The molecule has 1 saturated carbocycles. The SMILES string of the molecule is CNCC1CC(OCc2cc(Cl)ccc2F)C1. The minimum atomic E-state index is -0.250. The number of rotatable bonds is 5. The normalized spacial score (nSPS) is 23.5. The van der Waals surface area contributed by atoms with Gasteiger partial charge >= 0.3 is 0 Å². The molecule has 0 saturated heterocycles. The van der Waals surface area contributed by atoms with Crippen molar-refractivity contribution < 1.29 is 9.13 Å². The Hall–Kier alpha value is -0.640. The standard InChI is InChI=1S/C13H17ClFNO/c1-16-7-9-4-12(5-9)17-8-10-6-11(14)2-3-13(10)15/h2-3,6,9,12,16H,4-5,7-8H2,1H3. The second-order valence-electron chi connectivity index (χ2n) is 4.56. The Bertz CT molecular complexity index is 380. The van der Waals surface area contributed by atoms with Crippen LogP contribution in [0.4, 0.5) is 4.39 Å². The van der Waals surface area contributed by atoms with Crippen LogP contribution in [0, 0.1) is 11.7 Å². The fraction of sp³-hybridized carbons (Fsp3) is 0.538. The zero-order valence-corrected chi connectivity index (χ0v) is 10.6. The largest absolute Gasteiger partial charge is 0.373 e. The van der Waals surface area contributed by atoms with Crippen molar-refractivity contribution >= 4 is 11.6 Å². The van der Waals surface area contributed by atoms with Crippen LogP contribution in [0.25, 0.3) is 0 Å². The van der Waals surface area contributed by atoms with Crippen LogP contribution in [0.5, 0.6) is 0 Å². The van der Waals surface area contributed by atoms with Gasteiger partial charge in [0.2, 0.25) is 0 Å². The maximum atomic E-state index is 13.4. The molecule has 1 aliphatic rings. The number of nitrogens with one attached hydrogen (secondary N) is 1. The van der Waals surface area contributed by atoms with Crippen molar-refractivity contribution in [1.82, 2.24) is 5.32 Å². The average molecular weight is 258 g/mol. The molecule has 0 atom stereocenters. The third-order valence-electron chi connectivity index (χ3n) is 3.17. The molecule has 1 N–H and O–H groups in total. The molecule has 1 aromatic rings. The predicted molar refractivity (Wildman–Crippen MR) is 66.6 cm³/mol. The third kappa shape index (κ3) is 3.41. The summed E-state index contributed by atoms with van der Waals surface area (Å²) in [7, 11) is 1.95. The van der Waals surface area contributed by atoms with E-state index in [4.69, 9.17) is 16.3 Å². The van der Waals surface area contributed by atoms with Crippen LogP contribution < -0.4 is 5.32 Å². The predicted octanol–water partition coefficient (Wildman–Crippen LogP) is 2.99. The number of halogens is 2. The van der Waals surface area contributed by atoms with Gasteiger partial charge in [0.15, 0.2) is 0 Å². The van der Waals surface area contributed by atoms with Crippen LogP contribution in [0.15, 0.2) is 18.2 Å². The van der Waals surface area contributed by atoms with Gasteiger partial charge in [-0.05, 0) is 50.6 Å². The molecular weight excluding hydrogens is 241 g/mol. The molecule has 2 nitrogen and oxygen atoms in total. The van der Waals surface area contributed by atoms with E-state index in [1.807, 2.05) is 7.05 Å². The molecule has 1 fully saturated rings. The molecule has 0 unspecified atom stereocenters. The van der Waals surface area contributed by atoms with Crippen LogP contribution in [-0.4, -0.2) is 19.7 Å². The minimum absolute atomic E-state index is 0.250. The summed E-state index contributed by atoms with van der Waals surface area (Å²) in [5.41, 5.74) is 0.537. The average Bonchev–Trinajstić information content (AvgIpc) is 2.26. The van der Waals surface area contributed by atoms with Gasteiger partial charge in [0, 0.05) is 10.6 Å². The van der Waals surface area contributed by atoms with E-state index in [9.17, 15) is 4.39 Å². The maximum Gasteiger partial charge on any atom is 0.128 e.